The van der Waals surface area contributed by atoms with Crippen LogP contribution in [0.5, 0.6) is 0 Å². The first-order chi connectivity index (χ1) is 18.8. The minimum atomic E-state index is -4.55. The number of anilines is 2. The summed E-state index contributed by atoms with van der Waals surface area (Å²) in [5.74, 6) is 2.18. The van der Waals surface area contributed by atoms with Gasteiger partial charge in [-0.05, 0) is 62.8 Å². The van der Waals surface area contributed by atoms with Crippen molar-refractivity contribution in [3.63, 3.8) is 0 Å². The Labute approximate surface area is 226 Å². The van der Waals surface area contributed by atoms with Gasteiger partial charge in [0.1, 0.15) is 11.6 Å². The molecule has 10 nitrogen and oxygen atoms in total. The molecule has 0 radical (unpaired) electrons. The lowest BCUT2D eigenvalue weighted by molar-refractivity contribution is -0.146. The third kappa shape index (κ3) is 6.74. The predicted molar refractivity (Wildman–Crippen MR) is 144 cm³/mol. The van der Waals surface area contributed by atoms with Gasteiger partial charge in [-0.15, -0.1) is 30.6 Å². The van der Waals surface area contributed by atoms with Gasteiger partial charge in [0.05, 0.1) is 0 Å². The first-order valence-corrected chi connectivity index (χ1v) is 13.8. The van der Waals surface area contributed by atoms with Crippen LogP contribution in [-0.4, -0.2) is 65.8 Å². The summed E-state index contributed by atoms with van der Waals surface area (Å²) in [7, 11) is 0. The van der Waals surface area contributed by atoms with Crippen molar-refractivity contribution in [2.75, 3.05) is 36.0 Å². The molecule has 0 N–H and O–H groups in total. The van der Waals surface area contributed by atoms with E-state index in [0.29, 0.717) is 5.82 Å². The van der Waals surface area contributed by atoms with E-state index in [-0.39, 0.29) is 5.65 Å². The highest BCUT2D eigenvalue weighted by atomic mass is 19.4. The molecule has 2 fully saturated rings. The number of hydrogen-bond acceptors (Lipinski definition) is 8. The fourth-order valence-electron chi connectivity index (χ4n) is 4.72. The van der Waals surface area contributed by atoms with Gasteiger partial charge in [-0.2, -0.15) is 22.2 Å². The Balaban J connectivity index is 0.000000172. The highest BCUT2D eigenvalue weighted by Crippen LogP contribution is 2.28. The molecule has 6 rings (SSSR count). The summed E-state index contributed by atoms with van der Waals surface area (Å²) in [6.07, 6.45) is 2.33. The molecular weight excluding hydrogens is 509 g/mol. The predicted octanol–water partition coefficient (Wildman–Crippen LogP) is 5.22. The second-order valence-electron chi connectivity index (χ2n) is 9.76. The summed E-state index contributed by atoms with van der Waals surface area (Å²) in [5, 5.41) is 23.4. The van der Waals surface area contributed by atoms with Gasteiger partial charge in [-0.3, -0.25) is 0 Å². The summed E-state index contributed by atoms with van der Waals surface area (Å²) in [4.78, 5) is 4.37. The van der Waals surface area contributed by atoms with Crippen LogP contribution in [0.2, 0.25) is 0 Å². The van der Waals surface area contributed by atoms with Crippen LogP contribution in [0, 0.1) is 12.8 Å². The third-order valence-corrected chi connectivity index (χ3v) is 6.94. The van der Waals surface area contributed by atoms with Crippen molar-refractivity contribution in [2.45, 2.75) is 72.4 Å². The molecule has 0 saturated carbocycles. The second-order valence-corrected chi connectivity index (χ2v) is 9.76. The van der Waals surface area contributed by atoms with Crippen molar-refractivity contribution in [1.29, 1.82) is 0 Å². The number of halogens is 3. The number of aryl methyl sites for hydroxylation is 1. The summed E-state index contributed by atoms with van der Waals surface area (Å²) in [6, 6.07) is 7.25. The van der Waals surface area contributed by atoms with E-state index >= 15 is 0 Å². The van der Waals surface area contributed by atoms with E-state index in [4.69, 9.17) is 0 Å². The van der Waals surface area contributed by atoms with Crippen LogP contribution >= 0.6 is 0 Å². The molecule has 0 spiro atoms. The number of alkyl halides is 3. The zero-order valence-corrected chi connectivity index (χ0v) is 23.1. The van der Waals surface area contributed by atoms with Crippen molar-refractivity contribution < 1.29 is 13.2 Å². The van der Waals surface area contributed by atoms with Crippen LogP contribution in [-0.2, 0) is 6.18 Å². The van der Waals surface area contributed by atoms with E-state index in [1.165, 1.54) is 18.9 Å². The summed E-state index contributed by atoms with van der Waals surface area (Å²) < 4.78 is 41.0. The largest absolute Gasteiger partial charge is 0.453 e. The number of rotatable bonds is 2. The zero-order valence-electron chi connectivity index (χ0n) is 23.1. The first kappa shape index (κ1) is 28.5. The van der Waals surface area contributed by atoms with E-state index in [9.17, 15) is 13.2 Å². The van der Waals surface area contributed by atoms with Crippen molar-refractivity contribution in [2.24, 2.45) is 5.92 Å². The standard InChI is InChI=1S/C12H14F3N5.C12H17N5.C2H6/c13-12(14,15)11-17-16-9-5-6-10(18-20(9)11)19-7-3-1-2-4-8-19;1-9-5-7-16(8-6-9)12-4-3-11-14-13-10(2)17(11)15-12;1-2/h5-6H,1-4,7-8H2;3-4,9H,5-8H2,1-2H3;1-2H3. The van der Waals surface area contributed by atoms with Crippen molar-refractivity contribution in [3.05, 3.63) is 35.9 Å². The molecule has 2 aliphatic rings. The molecular formula is C26H37F3N10. The average molecular weight is 547 g/mol. The number of hydrogen-bond donors (Lipinski definition) is 0. The summed E-state index contributed by atoms with van der Waals surface area (Å²) in [5.41, 5.74) is 0.924. The summed E-state index contributed by atoms with van der Waals surface area (Å²) >= 11 is 0. The van der Waals surface area contributed by atoms with E-state index in [2.05, 4.69) is 42.4 Å². The van der Waals surface area contributed by atoms with Gasteiger partial charge < -0.3 is 9.80 Å². The topological polar surface area (TPSA) is 92.6 Å². The molecule has 6 heterocycles. The molecule has 0 bridgehead atoms. The van der Waals surface area contributed by atoms with Crippen molar-refractivity contribution in [3.8, 4) is 0 Å². The molecule has 212 valence electrons. The maximum Gasteiger partial charge on any atom is 0.453 e. The SMILES string of the molecule is CC.Cc1nnc2ccc(N3CCC(C)CC3)nn12.FC(F)(F)c1nnc2ccc(N3CCCCCC3)nn12. The van der Waals surface area contributed by atoms with Crippen LogP contribution in [0.1, 0.15) is 70.9 Å². The Morgan fingerprint density at radius 2 is 1.21 bits per heavy atom. The molecule has 4 aromatic rings. The fraction of sp³-hybridized carbons (Fsp3) is 0.615. The molecule has 13 heteroatoms. The van der Waals surface area contributed by atoms with Gasteiger partial charge in [0.25, 0.3) is 5.82 Å². The van der Waals surface area contributed by atoms with Crippen LogP contribution in [0.4, 0.5) is 24.8 Å². The molecule has 2 saturated heterocycles. The Kier molecular flexibility index (Phi) is 9.18. The van der Waals surface area contributed by atoms with Gasteiger partial charge in [0.2, 0.25) is 0 Å². The van der Waals surface area contributed by atoms with Crippen LogP contribution in [0.15, 0.2) is 24.3 Å². The van der Waals surface area contributed by atoms with E-state index in [1.54, 1.807) is 6.07 Å². The van der Waals surface area contributed by atoms with Crippen molar-refractivity contribution in [1.82, 2.24) is 39.6 Å². The van der Waals surface area contributed by atoms with Crippen LogP contribution < -0.4 is 9.80 Å². The maximum absolute atomic E-state index is 12.8. The minimum Gasteiger partial charge on any atom is -0.355 e. The third-order valence-electron chi connectivity index (χ3n) is 6.94. The highest BCUT2D eigenvalue weighted by molar-refractivity contribution is 5.47. The Morgan fingerprint density at radius 3 is 1.79 bits per heavy atom. The van der Waals surface area contributed by atoms with Crippen molar-refractivity contribution >= 4 is 22.9 Å². The number of piperidine rings is 1. The van der Waals surface area contributed by atoms with E-state index in [1.807, 2.05) is 42.3 Å². The first-order valence-electron chi connectivity index (χ1n) is 13.8. The molecule has 0 atom stereocenters. The van der Waals surface area contributed by atoms with Gasteiger partial charge in [0.15, 0.2) is 17.1 Å². The highest BCUT2D eigenvalue weighted by Gasteiger charge is 2.37. The van der Waals surface area contributed by atoms with Crippen LogP contribution in [0.3, 0.4) is 0 Å². The van der Waals surface area contributed by atoms with Gasteiger partial charge in [0, 0.05) is 26.2 Å². The molecule has 0 aliphatic carbocycles. The Bertz CT molecular complexity index is 1330. The molecule has 2 aliphatic heterocycles. The molecule has 4 aromatic heterocycles. The monoisotopic (exact) mass is 546 g/mol. The number of fused-ring (bicyclic) bond motifs is 2. The summed E-state index contributed by atoms with van der Waals surface area (Å²) in [6.45, 7) is 12.1. The zero-order chi connectivity index (χ0) is 28.0. The average Bonchev–Trinajstić information content (AvgIpc) is 3.43. The molecule has 0 aromatic carbocycles. The van der Waals surface area contributed by atoms with Gasteiger partial charge in [-0.1, -0.05) is 33.6 Å². The number of nitrogens with zero attached hydrogens (tertiary/aromatic N) is 10. The lowest BCUT2D eigenvalue weighted by Gasteiger charge is -2.30. The van der Waals surface area contributed by atoms with Gasteiger partial charge >= 0.3 is 6.18 Å². The lowest BCUT2D eigenvalue weighted by atomic mass is 9.99. The van der Waals surface area contributed by atoms with E-state index < -0.39 is 12.0 Å². The fourth-order valence-corrected chi connectivity index (χ4v) is 4.72. The minimum absolute atomic E-state index is 0.107. The second kappa shape index (κ2) is 12.6. The van der Waals surface area contributed by atoms with Crippen LogP contribution in [0.25, 0.3) is 11.3 Å². The van der Waals surface area contributed by atoms with E-state index in [0.717, 1.165) is 79.6 Å². The Hall–Kier alpha value is -3.51. The Morgan fingerprint density at radius 1 is 0.692 bits per heavy atom. The smallest absolute Gasteiger partial charge is 0.355 e. The lowest BCUT2D eigenvalue weighted by Crippen LogP contribution is -2.33. The molecule has 0 amide bonds. The normalized spacial score (nSPS) is 16.9. The quantitative estimate of drug-likeness (QED) is 0.338. The molecule has 39 heavy (non-hydrogen) atoms. The maximum atomic E-state index is 12.8. The molecule has 0 unspecified atom stereocenters. The van der Waals surface area contributed by atoms with Gasteiger partial charge in [-0.25, -0.2) is 0 Å². The number of aromatic nitrogens is 8.